The summed E-state index contributed by atoms with van der Waals surface area (Å²) in [6.45, 7) is 0. The van der Waals surface area contributed by atoms with E-state index < -0.39 is 5.97 Å². The SMILES string of the molecule is O=C(O)c1c(Cl)ccc(-c2cccc(O)c2)c1Cl. The van der Waals surface area contributed by atoms with E-state index in [1.807, 2.05) is 0 Å². The first kappa shape index (κ1) is 12.7. The van der Waals surface area contributed by atoms with Gasteiger partial charge in [0.15, 0.2) is 0 Å². The Morgan fingerprint density at radius 1 is 1.11 bits per heavy atom. The molecule has 0 aliphatic rings. The number of halogens is 2. The molecule has 2 rings (SSSR count). The molecule has 0 spiro atoms. The predicted octanol–water partition coefficient (Wildman–Crippen LogP) is 4.06. The van der Waals surface area contributed by atoms with Gasteiger partial charge in [-0.3, -0.25) is 0 Å². The third-order valence-electron chi connectivity index (χ3n) is 2.46. The number of phenols is 1. The summed E-state index contributed by atoms with van der Waals surface area (Å²) >= 11 is 11.8. The zero-order chi connectivity index (χ0) is 13.3. The third kappa shape index (κ3) is 2.28. The molecule has 3 nitrogen and oxygen atoms in total. The minimum Gasteiger partial charge on any atom is -0.508 e. The zero-order valence-corrected chi connectivity index (χ0v) is 10.5. The van der Waals surface area contributed by atoms with E-state index in [2.05, 4.69) is 0 Å². The molecule has 0 unspecified atom stereocenters. The summed E-state index contributed by atoms with van der Waals surface area (Å²) in [6.07, 6.45) is 0. The molecule has 2 aromatic carbocycles. The Balaban J connectivity index is 2.67. The van der Waals surface area contributed by atoms with Gasteiger partial charge in [-0.15, -0.1) is 0 Å². The molecule has 0 aliphatic heterocycles. The van der Waals surface area contributed by atoms with Crippen LogP contribution in [0.1, 0.15) is 10.4 Å². The number of phenolic OH excluding ortho intramolecular Hbond substituents is 1. The summed E-state index contributed by atoms with van der Waals surface area (Å²) in [6, 6.07) is 9.48. The number of hydrogen-bond acceptors (Lipinski definition) is 2. The van der Waals surface area contributed by atoms with Gasteiger partial charge < -0.3 is 10.2 Å². The minimum atomic E-state index is -1.19. The average molecular weight is 283 g/mol. The maximum absolute atomic E-state index is 11.1. The van der Waals surface area contributed by atoms with Crippen LogP contribution in [0.2, 0.25) is 10.0 Å². The van der Waals surface area contributed by atoms with Crippen molar-refractivity contribution in [1.29, 1.82) is 0 Å². The van der Waals surface area contributed by atoms with Crippen LogP contribution in [-0.2, 0) is 0 Å². The third-order valence-corrected chi connectivity index (χ3v) is 3.17. The molecule has 0 fully saturated rings. The van der Waals surface area contributed by atoms with Gasteiger partial charge in [-0.05, 0) is 23.8 Å². The van der Waals surface area contributed by atoms with Crippen LogP contribution in [0.4, 0.5) is 0 Å². The molecule has 0 heterocycles. The van der Waals surface area contributed by atoms with E-state index in [0.717, 1.165) is 0 Å². The number of benzene rings is 2. The van der Waals surface area contributed by atoms with Crippen molar-refractivity contribution in [3.05, 3.63) is 52.0 Å². The maximum atomic E-state index is 11.1. The van der Waals surface area contributed by atoms with E-state index in [9.17, 15) is 9.90 Å². The van der Waals surface area contributed by atoms with Crippen molar-refractivity contribution < 1.29 is 15.0 Å². The fraction of sp³-hybridized carbons (Fsp3) is 0. The number of hydrogen-bond donors (Lipinski definition) is 2. The van der Waals surface area contributed by atoms with Gasteiger partial charge in [-0.25, -0.2) is 4.79 Å². The van der Waals surface area contributed by atoms with Crippen molar-refractivity contribution in [1.82, 2.24) is 0 Å². The molecule has 0 saturated carbocycles. The highest BCUT2D eigenvalue weighted by Crippen LogP contribution is 2.35. The number of aromatic carboxylic acids is 1. The number of carbonyl (C=O) groups is 1. The Kier molecular flexibility index (Phi) is 3.45. The molecule has 0 aliphatic carbocycles. The van der Waals surface area contributed by atoms with Crippen LogP contribution < -0.4 is 0 Å². The standard InChI is InChI=1S/C13H8Cl2O3/c14-10-5-4-9(12(15)11(10)13(17)18)7-2-1-3-8(16)6-7/h1-6,16H,(H,17,18). The molecular formula is C13H8Cl2O3. The summed E-state index contributed by atoms with van der Waals surface area (Å²) in [5.41, 5.74) is 0.993. The Hall–Kier alpha value is -1.71. The highest BCUT2D eigenvalue weighted by atomic mass is 35.5. The van der Waals surface area contributed by atoms with Crippen molar-refractivity contribution in [2.75, 3.05) is 0 Å². The molecule has 92 valence electrons. The zero-order valence-electron chi connectivity index (χ0n) is 9.02. The van der Waals surface area contributed by atoms with Crippen LogP contribution >= 0.6 is 23.2 Å². The fourth-order valence-corrected chi connectivity index (χ4v) is 2.29. The first-order valence-electron chi connectivity index (χ1n) is 5.01. The van der Waals surface area contributed by atoms with E-state index in [4.69, 9.17) is 28.3 Å². The van der Waals surface area contributed by atoms with E-state index in [0.29, 0.717) is 11.1 Å². The molecule has 5 heteroatoms. The molecule has 2 N–H and O–H groups in total. The highest BCUT2D eigenvalue weighted by molar-refractivity contribution is 6.41. The first-order valence-corrected chi connectivity index (χ1v) is 5.77. The van der Waals surface area contributed by atoms with Crippen LogP contribution in [0.3, 0.4) is 0 Å². The average Bonchev–Trinajstić information content (AvgIpc) is 2.28. The van der Waals surface area contributed by atoms with Gasteiger partial charge in [0.2, 0.25) is 0 Å². The van der Waals surface area contributed by atoms with Gasteiger partial charge in [0.25, 0.3) is 0 Å². The molecule has 0 saturated heterocycles. The van der Waals surface area contributed by atoms with Crippen LogP contribution in [0.15, 0.2) is 36.4 Å². The summed E-state index contributed by atoms with van der Waals surface area (Å²) in [5, 5.41) is 18.6. The van der Waals surface area contributed by atoms with Gasteiger partial charge in [0, 0.05) is 5.56 Å². The number of rotatable bonds is 2. The van der Waals surface area contributed by atoms with Crippen LogP contribution in [0, 0.1) is 0 Å². The van der Waals surface area contributed by atoms with Crippen molar-refractivity contribution >= 4 is 29.2 Å². The second kappa shape index (κ2) is 4.88. The van der Waals surface area contributed by atoms with Crippen molar-refractivity contribution in [2.45, 2.75) is 0 Å². The number of carboxylic acid groups (broad SMARTS) is 1. The Labute approximate surface area is 113 Å². The summed E-state index contributed by atoms with van der Waals surface area (Å²) < 4.78 is 0. The predicted molar refractivity (Wildman–Crippen MR) is 70.5 cm³/mol. The van der Waals surface area contributed by atoms with Gasteiger partial charge >= 0.3 is 5.97 Å². The lowest BCUT2D eigenvalue weighted by Gasteiger charge is -2.09. The van der Waals surface area contributed by atoms with Crippen molar-refractivity contribution in [3.63, 3.8) is 0 Å². The first-order chi connectivity index (χ1) is 8.50. The van der Waals surface area contributed by atoms with Gasteiger partial charge in [0.05, 0.1) is 15.6 Å². The molecule has 0 atom stereocenters. The second-order valence-electron chi connectivity index (χ2n) is 3.64. The largest absolute Gasteiger partial charge is 0.508 e. The lowest BCUT2D eigenvalue weighted by atomic mass is 10.0. The molecule has 18 heavy (non-hydrogen) atoms. The highest BCUT2D eigenvalue weighted by Gasteiger charge is 2.17. The molecule has 0 radical (unpaired) electrons. The Bertz CT molecular complexity index is 624. The van der Waals surface area contributed by atoms with Gasteiger partial charge in [-0.2, -0.15) is 0 Å². The van der Waals surface area contributed by atoms with E-state index in [1.54, 1.807) is 18.2 Å². The van der Waals surface area contributed by atoms with E-state index in [-0.39, 0.29) is 21.4 Å². The number of aromatic hydroxyl groups is 1. The van der Waals surface area contributed by atoms with Gasteiger partial charge in [0.1, 0.15) is 5.75 Å². The van der Waals surface area contributed by atoms with Crippen LogP contribution in [0.5, 0.6) is 5.75 Å². The second-order valence-corrected chi connectivity index (χ2v) is 4.42. The summed E-state index contributed by atoms with van der Waals surface area (Å²) in [4.78, 5) is 11.1. The lowest BCUT2D eigenvalue weighted by molar-refractivity contribution is 0.0697. The van der Waals surface area contributed by atoms with Crippen molar-refractivity contribution in [2.24, 2.45) is 0 Å². The topological polar surface area (TPSA) is 57.5 Å². The summed E-state index contributed by atoms with van der Waals surface area (Å²) in [7, 11) is 0. The minimum absolute atomic E-state index is 0.0561. The Morgan fingerprint density at radius 2 is 1.83 bits per heavy atom. The smallest absolute Gasteiger partial charge is 0.338 e. The molecule has 0 aromatic heterocycles. The van der Waals surface area contributed by atoms with E-state index >= 15 is 0 Å². The monoisotopic (exact) mass is 282 g/mol. The van der Waals surface area contributed by atoms with E-state index in [1.165, 1.54) is 18.2 Å². The van der Waals surface area contributed by atoms with Crippen molar-refractivity contribution in [3.8, 4) is 16.9 Å². The van der Waals surface area contributed by atoms with Crippen LogP contribution in [0.25, 0.3) is 11.1 Å². The molecule has 2 aromatic rings. The normalized spacial score (nSPS) is 10.3. The molecule has 0 amide bonds. The quantitative estimate of drug-likeness (QED) is 0.873. The lowest BCUT2D eigenvalue weighted by Crippen LogP contribution is -1.99. The Morgan fingerprint density at radius 3 is 2.44 bits per heavy atom. The summed E-state index contributed by atoms with van der Waals surface area (Å²) in [5.74, 6) is -1.11. The molecule has 0 bridgehead atoms. The molecular weight excluding hydrogens is 275 g/mol. The maximum Gasteiger partial charge on any atom is 0.338 e. The van der Waals surface area contributed by atoms with Gasteiger partial charge in [-0.1, -0.05) is 41.4 Å². The fourth-order valence-electron chi connectivity index (χ4n) is 1.64. The number of carboxylic acids is 1. The van der Waals surface area contributed by atoms with Crippen LogP contribution in [-0.4, -0.2) is 16.2 Å².